The van der Waals surface area contributed by atoms with Crippen molar-refractivity contribution < 1.29 is 9.50 Å². The summed E-state index contributed by atoms with van der Waals surface area (Å²) in [6.45, 7) is 2.08. The summed E-state index contributed by atoms with van der Waals surface area (Å²) in [5.41, 5.74) is -0.166. The molecule has 1 aromatic carbocycles. The largest absolute Gasteiger partial charge is 0.389 e. The molecule has 0 heterocycles. The zero-order chi connectivity index (χ0) is 12.5. The van der Waals surface area contributed by atoms with Gasteiger partial charge in [0, 0.05) is 11.4 Å². The van der Waals surface area contributed by atoms with Gasteiger partial charge in [0.1, 0.15) is 5.82 Å². The number of hydrogen-bond donors (Lipinski definition) is 1. The van der Waals surface area contributed by atoms with Crippen molar-refractivity contribution >= 4 is 11.6 Å². The molecule has 1 aliphatic rings. The maximum atomic E-state index is 13.7. The molecule has 0 bridgehead atoms. The third kappa shape index (κ3) is 2.63. The SMILES string of the molecule is CCC1CCCC1(O)Cc1ccc(Cl)cc1F. The van der Waals surface area contributed by atoms with E-state index in [0.717, 1.165) is 25.7 Å². The number of benzene rings is 1. The number of aliphatic hydroxyl groups is 1. The van der Waals surface area contributed by atoms with E-state index in [1.54, 1.807) is 12.1 Å². The highest BCUT2D eigenvalue weighted by Gasteiger charge is 2.40. The van der Waals surface area contributed by atoms with Gasteiger partial charge < -0.3 is 5.11 Å². The van der Waals surface area contributed by atoms with Crippen molar-refractivity contribution in [1.29, 1.82) is 0 Å². The smallest absolute Gasteiger partial charge is 0.127 e. The second-order valence-electron chi connectivity index (χ2n) is 5.01. The van der Waals surface area contributed by atoms with Crippen LogP contribution in [0.15, 0.2) is 18.2 Å². The predicted octanol–water partition coefficient (Wildman–Crippen LogP) is 3.96. The molecule has 3 heteroatoms. The molecule has 1 aromatic rings. The molecule has 1 fully saturated rings. The van der Waals surface area contributed by atoms with Crippen LogP contribution in [0.4, 0.5) is 4.39 Å². The van der Waals surface area contributed by atoms with E-state index in [0.29, 0.717) is 17.0 Å². The Hall–Kier alpha value is -0.600. The van der Waals surface area contributed by atoms with E-state index in [-0.39, 0.29) is 11.7 Å². The van der Waals surface area contributed by atoms with Crippen LogP contribution in [0.2, 0.25) is 5.02 Å². The van der Waals surface area contributed by atoms with Gasteiger partial charge >= 0.3 is 0 Å². The quantitative estimate of drug-likeness (QED) is 0.868. The second kappa shape index (κ2) is 4.95. The van der Waals surface area contributed by atoms with E-state index in [1.807, 2.05) is 0 Å². The minimum absolute atomic E-state index is 0.289. The van der Waals surface area contributed by atoms with Crippen molar-refractivity contribution in [3.05, 3.63) is 34.6 Å². The average molecular weight is 257 g/mol. The first-order chi connectivity index (χ1) is 8.05. The lowest BCUT2D eigenvalue weighted by Crippen LogP contribution is -2.35. The lowest BCUT2D eigenvalue weighted by molar-refractivity contribution is 0.000771. The Morgan fingerprint density at radius 2 is 2.29 bits per heavy atom. The fraction of sp³-hybridized carbons (Fsp3) is 0.571. The molecular formula is C14H18ClFO. The average Bonchev–Trinajstić information content (AvgIpc) is 2.64. The van der Waals surface area contributed by atoms with Crippen LogP contribution in [0.25, 0.3) is 0 Å². The molecule has 0 aliphatic heterocycles. The first-order valence-corrected chi connectivity index (χ1v) is 6.59. The fourth-order valence-corrected chi connectivity index (χ4v) is 3.10. The first kappa shape index (κ1) is 12.8. The summed E-state index contributed by atoms with van der Waals surface area (Å²) in [5, 5.41) is 11.0. The Morgan fingerprint density at radius 3 is 2.94 bits per heavy atom. The van der Waals surface area contributed by atoms with Crippen LogP contribution in [0, 0.1) is 11.7 Å². The summed E-state index contributed by atoms with van der Waals surface area (Å²) in [7, 11) is 0. The molecule has 0 aromatic heterocycles. The van der Waals surface area contributed by atoms with Crippen LogP contribution in [-0.2, 0) is 6.42 Å². The van der Waals surface area contributed by atoms with Gasteiger partial charge in [0.05, 0.1) is 5.60 Å². The number of hydrogen-bond acceptors (Lipinski definition) is 1. The van der Waals surface area contributed by atoms with E-state index in [2.05, 4.69) is 6.92 Å². The molecule has 1 saturated carbocycles. The summed E-state index contributed by atoms with van der Waals surface area (Å²) < 4.78 is 13.7. The van der Waals surface area contributed by atoms with E-state index in [4.69, 9.17) is 11.6 Å². The van der Waals surface area contributed by atoms with Crippen molar-refractivity contribution in [2.24, 2.45) is 5.92 Å². The van der Waals surface area contributed by atoms with E-state index in [9.17, 15) is 9.50 Å². The predicted molar refractivity (Wildman–Crippen MR) is 67.7 cm³/mol. The second-order valence-corrected chi connectivity index (χ2v) is 5.45. The monoisotopic (exact) mass is 256 g/mol. The maximum absolute atomic E-state index is 13.7. The Morgan fingerprint density at radius 1 is 1.53 bits per heavy atom. The molecule has 17 heavy (non-hydrogen) atoms. The molecule has 0 radical (unpaired) electrons. The Kier molecular flexibility index (Phi) is 3.74. The molecular weight excluding hydrogens is 239 g/mol. The minimum Gasteiger partial charge on any atom is -0.389 e. The molecule has 0 spiro atoms. The van der Waals surface area contributed by atoms with Gasteiger partial charge in [0.25, 0.3) is 0 Å². The van der Waals surface area contributed by atoms with Crippen LogP contribution in [0.5, 0.6) is 0 Å². The van der Waals surface area contributed by atoms with Gasteiger partial charge in [-0.2, -0.15) is 0 Å². The van der Waals surface area contributed by atoms with E-state index in [1.165, 1.54) is 6.07 Å². The van der Waals surface area contributed by atoms with Crippen molar-refractivity contribution in [3.63, 3.8) is 0 Å². The molecule has 2 atom stereocenters. The molecule has 0 amide bonds. The van der Waals surface area contributed by atoms with Gasteiger partial charge in [-0.15, -0.1) is 0 Å². The Labute approximate surface area is 107 Å². The molecule has 2 unspecified atom stereocenters. The van der Waals surface area contributed by atoms with Crippen LogP contribution < -0.4 is 0 Å². The van der Waals surface area contributed by atoms with Crippen LogP contribution >= 0.6 is 11.6 Å². The van der Waals surface area contributed by atoms with E-state index < -0.39 is 5.60 Å². The van der Waals surface area contributed by atoms with Gasteiger partial charge in [0.2, 0.25) is 0 Å². The lowest BCUT2D eigenvalue weighted by Gasteiger charge is -2.29. The third-order valence-corrected chi connectivity index (χ3v) is 4.16. The van der Waals surface area contributed by atoms with Crippen molar-refractivity contribution in [1.82, 2.24) is 0 Å². The molecule has 94 valence electrons. The topological polar surface area (TPSA) is 20.2 Å². The van der Waals surface area contributed by atoms with Crippen molar-refractivity contribution in [2.45, 2.75) is 44.6 Å². The van der Waals surface area contributed by atoms with Gasteiger partial charge in [0.15, 0.2) is 0 Å². The fourth-order valence-electron chi connectivity index (χ4n) is 2.94. The van der Waals surface area contributed by atoms with E-state index >= 15 is 0 Å². The van der Waals surface area contributed by atoms with Gasteiger partial charge in [-0.05, 0) is 36.5 Å². The van der Waals surface area contributed by atoms with Gasteiger partial charge in [-0.3, -0.25) is 0 Å². The lowest BCUT2D eigenvalue weighted by atomic mass is 9.83. The van der Waals surface area contributed by atoms with Gasteiger partial charge in [-0.1, -0.05) is 37.4 Å². The maximum Gasteiger partial charge on any atom is 0.127 e. The summed E-state index contributed by atoms with van der Waals surface area (Å²) in [4.78, 5) is 0. The summed E-state index contributed by atoms with van der Waals surface area (Å²) in [6.07, 6.45) is 4.19. The standard InChI is InChI=1S/C14H18ClFO/c1-2-11-4-3-7-14(11,17)9-10-5-6-12(15)8-13(10)16/h5-6,8,11,17H,2-4,7,9H2,1H3. The zero-order valence-corrected chi connectivity index (χ0v) is 10.8. The van der Waals surface area contributed by atoms with Crippen molar-refractivity contribution in [3.8, 4) is 0 Å². The molecule has 2 rings (SSSR count). The number of halogens is 2. The molecule has 1 N–H and O–H groups in total. The van der Waals surface area contributed by atoms with Crippen molar-refractivity contribution in [2.75, 3.05) is 0 Å². The molecule has 1 nitrogen and oxygen atoms in total. The zero-order valence-electron chi connectivity index (χ0n) is 10.0. The molecule has 1 aliphatic carbocycles. The summed E-state index contributed by atoms with van der Waals surface area (Å²) >= 11 is 5.72. The highest BCUT2D eigenvalue weighted by molar-refractivity contribution is 6.30. The normalized spacial score (nSPS) is 28.6. The highest BCUT2D eigenvalue weighted by Crippen LogP contribution is 2.40. The summed E-state index contributed by atoms with van der Waals surface area (Å²) in [6, 6.07) is 4.68. The van der Waals surface area contributed by atoms with Gasteiger partial charge in [-0.25, -0.2) is 4.39 Å². The Bertz CT molecular complexity index is 407. The number of rotatable bonds is 3. The highest BCUT2D eigenvalue weighted by atomic mass is 35.5. The minimum atomic E-state index is -0.733. The van der Waals surface area contributed by atoms with Crippen LogP contribution in [0.3, 0.4) is 0 Å². The van der Waals surface area contributed by atoms with Crippen LogP contribution in [-0.4, -0.2) is 10.7 Å². The summed E-state index contributed by atoms with van der Waals surface area (Å²) in [5.74, 6) is -0.0229. The molecule has 0 saturated heterocycles. The Balaban J connectivity index is 2.19. The third-order valence-electron chi connectivity index (χ3n) is 3.93. The first-order valence-electron chi connectivity index (χ1n) is 6.21. The van der Waals surface area contributed by atoms with Crippen LogP contribution in [0.1, 0.15) is 38.2 Å².